The zero-order chi connectivity index (χ0) is 24.5. The van der Waals surface area contributed by atoms with E-state index in [1.165, 1.54) is 34.8 Å². The molecule has 4 rings (SSSR count). The molecule has 0 aliphatic carbocycles. The lowest BCUT2D eigenvalue weighted by Gasteiger charge is -2.25. The van der Waals surface area contributed by atoms with Gasteiger partial charge in [0, 0.05) is 60.4 Å². The fourth-order valence-corrected chi connectivity index (χ4v) is 6.66. The standard InChI is InChI=1S/C24H26FN3O4S2/c1-17-13-22(18(2)28(17)14-19-3-5-20(25)6-4-19)23(29)16-26-15-21(7-8-24(26)30)34(31,32)27-9-11-33-12-10-27/h3-8,13,15H,9-12,14,16H2,1-2H3. The van der Waals surface area contributed by atoms with E-state index in [1.54, 1.807) is 30.0 Å². The summed E-state index contributed by atoms with van der Waals surface area (Å²) >= 11 is 1.70. The molecule has 0 spiro atoms. The van der Waals surface area contributed by atoms with Gasteiger partial charge in [-0.05, 0) is 43.7 Å². The number of hydrogen-bond donors (Lipinski definition) is 0. The van der Waals surface area contributed by atoms with E-state index >= 15 is 0 Å². The molecule has 2 aromatic heterocycles. The zero-order valence-electron chi connectivity index (χ0n) is 19.0. The van der Waals surface area contributed by atoms with Gasteiger partial charge >= 0.3 is 0 Å². The molecule has 0 atom stereocenters. The lowest BCUT2D eigenvalue weighted by atomic mass is 10.1. The fraction of sp³-hybridized carbons (Fsp3) is 0.333. The first-order chi connectivity index (χ1) is 16.2. The molecule has 0 bridgehead atoms. The second kappa shape index (κ2) is 9.89. The largest absolute Gasteiger partial charge is 0.344 e. The maximum atomic E-state index is 13.2. The third kappa shape index (κ3) is 5.03. The SMILES string of the molecule is Cc1cc(C(=O)Cn2cc(S(=O)(=O)N3CCSCC3)ccc2=O)c(C)n1Cc1ccc(F)cc1. The average Bonchev–Trinajstić information content (AvgIpc) is 3.10. The van der Waals surface area contributed by atoms with E-state index in [9.17, 15) is 22.4 Å². The van der Waals surface area contributed by atoms with Gasteiger partial charge < -0.3 is 9.13 Å². The number of benzene rings is 1. The van der Waals surface area contributed by atoms with Crippen LogP contribution in [0.25, 0.3) is 0 Å². The highest BCUT2D eigenvalue weighted by atomic mass is 32.2. The number of aromatic nitrogens is 2. The van der Waals surface area contributed by atoms with Crippen LogP contribution in [0, 0.1) is 19.7 Å². The molecule has 0 unspecified atom stereocenters. The van der Waals surface area contributed by atoms with Crippen LogP contribution in [0.1, 0.15) is 27.3 Å². The van der Waals surface area contributed by atoms with Crippen molar-refractivity contribution < 1.29 is 17.6 Å². The van der Waals surface area contributed by atoms with Gasteiger partial charge in [-0.25, -0.2) is 12.8 Å². The minimum absolute atomic E-state index is 0.00795. The topological polar surface area (TPSA) is 81.4 Å². The van der Waals surface area contributed by atoms with Gasteiger partial charge in [0.2, 0.25) is 10.0 Å². The molecule has 0 N–H and O–H groups in total. The number of Topliss-reactive ketones (excluding diaryl/α,β-unsaturated/α-hetero) is 1. The second-order valence-electron chi connectivity index (χ2n) is 8.27. The number of aryl methyl sites for hydroxylation is 1. The minimum Gasteiger partial charge on any atom is -0.344 e. The van der Waals surface area contributed by atoms with Crippen molar-refractivity contribution in [3.8, 4) is 0 Å². The first kappa shape index (κ1) is 24.4. The Balaban J connectivity index is 1.58. The lowest BCUT2D eigenvalue weighted by molar-refractivity contribution is 0.0969. The smallest absolute Gasteiger partial charge is 0.251 e. The molecule has 1 aliphatic heterocycles. The summed E-state index contributed by atoms with van der Waals surface area (Å²) in [5.74, 6) is 0.856. The van der Waals surface area contributed by atoms with Crippen LogP contribution >= 0.6 is 11.8 Å². The van der Waals surface area contributed by atoms with Crippen molar-refractivity contribution in [3.05, 3.63) is 87.3 Å². The first-order valence-electron chi connectivity index (χ1n) is 10.9. The van der Waals surface area contributed by atoms with Gasteiger partial charge in [-0.1, -0.05) is 12.1 Å². The molecule has 0 radical (unpaired) electrons. The Morgan fingerprint density at radius 2 is 1.74 bits per heavy atom. The molecular formula is C24H26FN3O4S2. The second-order valence-corrected chi connectivity index (χ2v) is 11.4. The molecule has 1 fully saturated rings. The minimum atomic E-state index is -3.73. The summed E-state index contributed by atoms with van der Waals surface area (Å²) in [7, 11) is -3.73. The number of rotatable bonds is 7. The number of thioether (sulfide) groups is 1. The number of pyridine rings is 1. The van der Waals surface area contributed by atoms with Crippen LogP contribution in [0.15, 0.2) is 58.4 Å². The Bertz CT molecular complexity index is 1370. The van der Waals surface area contributed by atoms with Gasteiger partial charge in [0.1, 0.15) is 5.82 Å². The highest BCUT2D eigenvalue weighted by Crippen LogP contribution is 2.21. The average molecular weight is 504 g/mol. The Morgan fingerprint density at radius 1 is 1.06 bits per heavy atom. The highest BCUT2D eigenvalue weighted by Gasteiger charge is 2.27. The Morgan fingerprint density at radius 3 is 2.41 bits per heavy atom. The predicted octanol–water partition coefficient (Wildman–Crippen LogP) is 3.07. The number of sulfonamides is 1. The van der Waals surface area contributed by atoms with E-state index in [4.69, 9.17) is 0 Å². The molecule has 3 heterocycles. The maximum Gasteiger partial charge on any atom is 0.251 e. The predicted molar refractivity (Wildman–Crippen MR) is 131 cm³/mol. The molecule has 0 amide bonds. The summed E-state index contributed by atoms with van der Waals surface area (Å²) in [5.41, 5.74) is 2.51. The number of ketones is 1. The third-order valence-corrected chi connectivity index (χ3v) is 8.83. The van der Waals surface area contributed by atoms with Crippen LogP contribution in [0.2, 0.25) is 0 Å². The van der Waals surface area contributed by atoms with Crippen LogP contribution in [0.3, 0.4) is 0 Å². The Kier molecular flexibility index (Phi) is 7.11. The molecule has 1 aliphatic rings. The van der Waals surface area contributed by atoms with E-state index in [1.807, 2.05) is 18.4 Å². The van der Waals surface area contributed by atoms with Crippen molar-refractivity contribution in [1.82, 2.24) is 13.4 Å². The third-order valence-electron chi connectivity index (χ3n) is 6.01. The van der Waals surface area contributed by atoms with E-state index in [2.05, 4.69) is 0 Å². The molecule has 3 aromatic rings. The van der Waals surface area contributed by atoms with Crippen molar-refractivity contribution in [2.45, 2.75) is 31.8 Å². The molecular weight excluding hydrogens is 477 g/mol. The molecule has 1 aromatic carbocycles. The molecule has 1 saturated heterocycles. The zero-order valence-corrected chi connectivity index (χ0v) is 20.7. The summed E-state index contributed by atoms with van der Waals surface area (Å²) < 4.78 is 43.7. The molecule has 180 valence electrons. The Hall–Kier alpha value is -2.69. The first-order valence-corrected chi connectivity index (χ1v) is 13.5. The fourth-order valence-electron chi connectivity index (χ4n) is 4.06. The van der Waals surface area contributed by atoms with Crippen LogP contribution in [0.4, 0.5) is 4.39 Å². The number of halogens is 1. The normalized spacial score (nSPS) is 14.9. The van der Waals surface area contributed by atoms with Crippen molar-refractivity contribution in [2.24, 2.45) is 0 Å². The van der Waals surface area contributed by atoms with E-state index in [-0.39, 0.29) is 23.0 Å². The van der Waals surface area contributed by atoms with Crippen molar-refractivity contribution in [3.63, 3.8) is 0 Å². The van der Waals surface area contributed by atoms with Crippen molar-refractivity contribution >= 4 is 27.6 Å². The van der Waals surface area contributed by atoms with Gasteiger partial charge in [-0.3, -0.25) is 9.59 Å². The number of carbonyl (C=O) groups excluding carboxylic acids is 1. The highest BCUT2D eigenvalue weighted by molar-refractivity contribution is 7.99. The molecule has 10 heteroatoms. The van der Waals surface area contributed by atoms with Crippen LogP contribution in [-0.4, -0.2) is 52.2 Å². The van der Waals surface area contributed by atoms with Crippen LogP contribution in [0.5, 0.6) is 0 Å². The van der Waals surface area contributed by atoms with E-state index in [0.29, 0.717) is 25.2 Å². The van der Waals surface area contributed by atoms with Crippen molar-refractivity contribution in [1.29, 1.82) is 0 Å². The van der Waals surface area contributed by atoms with Crippen LogP contribution < -0.4 is 5.56 Å². The van der Waals surface area contributed by atoms with Gasteiger partial charge in [-0.15, -0.1) is 0 Å². The van der Waals surface area contributed by atoms with Gasteiger partial charge in [0.15, 0.2) is 5.78 Å². The van der Waals surface area contributed by atoms with E-state index < -0.39 is 15.6 Å². The van der Waals surface area contributed by atoms with Crippen LogP contribution in [-0.2, 0) is 23.1 Å². The quantitative estimate of drug-likeness (QED) is 0.463. The maximum absolute atomic E-state index is 13.2. The summed E-state index contributed by atoms with van der Waals surface area (Å²) in [6, 6.07) is 10.4. The summed E-state index contributed by atoms with van der Waals surface area (Å²) in [6.45, 7) is 4.76. The molecule has 0 saturated carbocycles. The molecule has 34 heavy (non-hydrogen) atoms. The van der Waals surface area contributed by atoms with Crippen molar-refractivity contribution in [2.75, 3.05) is 24.6 Å². The number of nitrogens with zero attached hydrogens (tertiary/aromatic N) is 3. The number of carbonyl (C=O) groups is 1. The van der Waals surface area contributed by atoms with Gasteiger partial charge in [0.05, 0.1) is 11.4 Å². The summed E-state index contributed by atoms with van der Waals surface area (Å²) in [6.07, 6.45) is 1.26. The van der Waals surface area contributed by atoms with E-state index in [0.717, 1.165) is 33.0 Å². The Labute approximate surface area is 202 Å². The lowest BCUT2D eigenvalue weighted by Crippen LogP contribution is -2.38. The summed E-state index contributed by atoms with van der Waals surface area (Å²) in [4.78, 5) is 25.6. The summed E-state index contributed by atoms with van der Waals surface area (Å²) in [5, 5.41) is 0. The monoisotopic (exact) mass is 503 g/mol. The molecule has 7 nitrogen and oxygen atoms in total. The van der Waals surface area contributed by atoms with Gasteiger partial charge in [0.25, 0.3) is 5.56 Å². The number of hydrogen-bond acceptors (Lipinski definition) is 5. The van der Waals surface area contributed by atoms with Gasteiger partial charge in [-0.2, -0.15) is 16.1 Å².